The minimum atomic E-state index is -0.303. The number of ether oxygens (including phenoxy) is 1. The molecule has 1 saturated heterocycles. The molecule has 2 aromatic rings. The van der Waals surface area contributed by atoms with Crippen LogP contribution in [0.25, 0.3) is 0 Å². The molecule has 3 rings (SSSR count). The van der Waals surface area contributed by atoms with Gasteiger partial charge in [0.25, 0.3) is 0 Å². The van der Waals surface area contributed by atoms with Crippen molar-refractivity contribution in [3.05, 3.63) is 41.5 Å². The number of hydrogen-bond acceptors (Lipinski definition) is 6. The van der Waals surface area contributed by atoms with Crippen molar-refractivity contribution in [3.63, 3.8) is 0 Å². The van der Waals surface area contributed by atoms with Crippen molar-refractivity contribution < 1.29 is 18.8 Å². The Bertz CT molecular complexity index is 802. The van der Waals surface area contributed by atoms with Gasteiger partial charge in [0.05, 0.1) is 13.5 Å². The van der Waals surface area contributed by atoms with Gasteiger partial charge in [0.2, 0.25) is 17.7 Å². The van der Waals surface area contributed by atoms with Crippen LogP contribution in [0, 0.1) is 6.92 Å². The molecule has 1 aliphatic rings. The fourth-order valence-electron chi connectivity index (χ4n) is 3.29. The van der Waals surface area contributed by atoms with E-state index in [0.717, 1.165) is 11.3 Å². The number of benzene rings is 1. The number of hydrogen-bond donors (Lipinski definition) is 0. The first-order chi connectivity index (χ1) is 13.0. The van der Waals surface area contributed by atoms with Gasteiger partial charge in [-0.2, -0.15) is 4.98 Å². The van der Waals surface area contributed by atoms with Gasteiger partial charge >= 0.3 is 0 Å². The van der Waals surface area contributed by atoms with Crippen LogP contribution in [-0.4, -0.2) is 58.5 Å². The van der Waals surface area contributed by atoms with Gasteiger partial charge in [-0.25, -0.2) is 0 Å². The third-order valence-corrected chi connectivity index (χ3v) is 4.76. The molecule has 0 aliphatic carbocycles. The van der Waals surface area contributed by atoms with E-state index in [0.29, 0.717) is 44.2 Å². The molecule has 144 valence electrons. The molecule has 8 heteroatoms. The van der Waals surface area contributed by atoms with E-state index >= 15 is 0 Å². The topological polar surface area (TPSA) is 88.8 Å². The minimum Gasteiger partial charge on any atom is -0.497 e. The molecule has 1 aromatic carbocycles. The van der Waals surface area contributed by atoms with Crippen LogP contribution in [0.1, 0.15) is 36.7 Å². The lowest BCUT2D eigenvalue weighted by molar-refractivity contribution is -0.133. The molecule has 0 radical (unpaired) electrons. The Morgan fingerprint density at radius 2 is 1.96 bits per heavy atom. The Morgan fingerprint density at radius 3 is 2.56 bits per heavy atom. The zero-order valence-electron chi connectivity index (χ0n) is 15.8. The van der Waals surface area contributed by atoms with Crippen molar-refractivity contribution in [2.75, 3.05) is 26.7 Å². The predicted octanol–water partition coefficient (Wildman–Crippen LogP) is 1.75. The highest BCUT2D eigenvalue weighted by Gasteiger charge is 2.32. The Morgan fingerprint density at radius 1 is 1.22 bits per heavy atom. The monoisotopic (exact) mass is 372 g/mol. The molecule has 0 bridgehead atoms. The molecular formula is C19H24N4O4. The third kappa shape index (κ3) is 4.45. The van der Waals surface area contributed by atoms with Crippen LogP contribution < -0.4 is 4.74 Å². The van der Waals surface area contributed by atoms with E-state index in [1.165, 1.54) is 6.92 Å². The Hall–Kier alpha value is -2.90. The lowest BCUT2D eigenvalue weighted by Gasteiger charge is -2.25. The Balaban J connectivity index is 1.69. The lowest BCUT2D eigenvalue weighted by Crippen LogP contribution is -2.38. The van der Waals surface area contributed by atoms with E-state index in [9.17, 15) is 9.59 Å². The third-order valence-electron chi connectivity index (χ3n) is 4.76. The van der Waals surface area contributed by atoms with Crippen molar-refractivity contribution >= 4 is 11.8 Å². The van der Waals surface area contributed by atoms with Crippen molar-refractivity contribution in [2.24, 2.45) is 0 Å². The van der Waals surface area contributed by atoms with E-state index in [1.807, 2.05) is 24.3 Å². The maximum atomic E-state index is 12.7. The van der Waals surface area contributed by atoms with Gasteiger partial charge < -0.3 is 19.1 Å². The molecule has 0 N–H and O–H groups in total. The number of rotatable bonds is 4. The number of aryl methyl sites for hydroxylation is 1. The second-order valence-corrected chi connectivity index (χ2v) is 6.60. The van der Waals surface area contributed by atoms with Crippen LogP contribution in [0.4, 0.5) is 0 Å². The number of aromatic nitrogens is 2. The van der Waals surface area contributed by atoms with Crippen LogP contribution in [-0.2, 0) is 16.0 Å². The standard InChI is InChI=1S/C19H24N4O4/c1-13-20-19(27-21-13)17-8-9-22(10-11-23(17)14(2)24)18(25)12-15-4-6-16(26-3)7-5-15/h4-7,17H,8-12H2,1-3H3. The van der Waals surface area contributed by atoms with E-state index in [2.05, 4.69) is 10.1 Å². The molecule has 2 amide bonds. The maximum Gasteiger partial charge on any atom is 0.249 e. The summed E-state index contributed by atoms with van der Waals surface area (Å²) in [4.78, 5) is 32.6. The highest BCUT2D eigenvalue weighted by atomic mass is 16.5. The second-order valence-electron chi connectivity index (χ2n) is 6.60. The summed E-state index contributed by atoms with van der Waals surface area (Å²) in [7, 11) is 1.61. The van der Waals surface area contributed by atoms with E-state index in [-0.39, 0.29) is 17.9 Å². The van der Waals surface area contributed by atoms with Gasteiger partial charge in [-0.05, 0) is 31.0 Å². The fraction of sp³-hybridized carbons (Fsp3) is 0.474. The lowest BCUT2D eigenvalue weighted by atomic mass is 10.1. The second kappa shape index (κ2) is 8.20. The van der Waals surface area contributed by atoms with Crippen LogP contribution in [0.2, 0.25) is 0 Å². The van der Waals surface area contributed by atoms with Gasteiger partial charge in [0.15, 0.2) is 5.82 Å². The molecule has 0 spiro atoms. The van der Waals surface area contributed by atoms with Crippen LogP contribution in [0.3, 0.4) is 0 Å². The summed E-state index contributed by atoms with van der Waals surface area (Å²) in [6, 6.07) is 7.16. The van der Waals surface area contributed by atoms with E-state index < -0.39 is 0 Å². The molecule has 2 heterocycles. The molecule has 1 aliphatic heterocycles. The summed E-state index contributed by atoms with van der Waals surface area (Å²) in [5.41, 5.74) is 0.928. The largest absolute Gasteiger partial charge is 0.497 e. The number of carbonyl (C=O) groups is 2. The van der Waals surface area contributed by atoms with Crippen molar-refractivity contribution in [2.45, 2.75) is 32.7 Å². The molecule has 1 unspecified atom stereocenters. The van der Waals surface area contributed by atoms with Gasteiger partial charge in [0, 0.05) is 26.6 Å². The minimum absolute atomic E-state index is 0.0334. The average Bonchev–Trinajstić information content (AvgIpc) is 2.95. The summed E-state index contributed by atoms with van der Waals surface area (Å²) in [6.45, 7) is 4.72. The smallest absolute Gasteiger partial charge is 0.249 e. The average molecular weight is 372 g/mol. The number of carbonyl (C=O) groups excluding carboxylic acids is 2. The molecule has 1 aromatic heterocycles. The van der Waals surface area contributed by atoms with Crippen molar-refractivity contribution in [1.82, 2.24) is 19.9 Å². The molecule has 1 fully saturated rings. The van der Waals surface area contributed by atoms with Crippen LogP contribution in [0.5, 0.6) is 5.75 Å². The van der Waals surface area contributed by atoms with E-state index in [4.69, 9.17) is 9.26 Å². The first-order valence-electron chi connectivity index (χ1n) is 8.96. The summed E-state index contributed by atoms with van der Waals surface area (Å²) in [5, 5.41) is 3.83. The molecule has 8 nitrogen and oxygen atoms in total. The van der Waals surface area contributed by atoms with Crippen molar-refractivity contribution in [3.8, 4) is 5.75 Å². The molecule has 27 heavy (non-hydrogen) atoms. The predicted molar refractivity (Wildman–Crippen MR) is 97.1 cm³/mol. The quantitative estimate of drug-likeness (QED) is 0.812. The fourth-order valence-corrected chi connectivity index (χ4v) is 3.29. The number of nitrogens with zero attached hydrogens (tertiary/aromatic N) is 4. The van der Waals surface area contributed by atoms with Gasteiger partial charge in [-0.1, -0.05) is 17.3 Å². The van der Waals surface area contributed by atoms with Gasteiger partial charge in [-0.3, -0.25) is 9.59 Å². The van der Waals surface area contributed by atoms with E-state index in [1.54, 1.807) is 23.8 Å². The molecular weight excluding hydrogens is 348 g/mol. The Labute approximate surface area is 158 Å². The summed E-state index contributed by atoms with van der Waals surface area (Å²) in [5.74, 6) is 1.68. The number of methoxy groups -OCH3 is 1. The molecule has 0 saturated carbocycles. The van der Waals surface area contributed by atoms with Crippen LogP contribution in [0.15, 0.2) is 28.8 Å². The maximum absolute atomic E-state index is 12.7. The first kappa shape index (κ1) is 18.9. The highest BCUT2D eigenvalue weighted by Crippen LogP contribution is 2.26. The zero-order valence-corrected chi connectivity index (χ0v) is 15.8. The summed E-state index contributed by atoms with van der Waals surface area (Å²) >= 11 is 0. The SMILES string of the molecule is COc1ccc(CC(=O)N2CCC(c3nc(C)no3)N(C(C)=O)CC2)cc1. The zero-order chi connectivity index (χ0) is 19.4. The summed E-state index contributed by atoms with van der Waals surface area (Å²) < 4.78 is 10.4. The van der Waals surface area contributed by atoms with Gasteiger partial charge in [-0.15, -0.1) is 0 Å². The molecule has 1 atom stereocenters. The summed E-state index contributed by atoms with van der Waals surface area (Å²) in [6.07, 6.45) is 0.879. The van der Waals surface area contributed by atoms with Gasteiger partial charge in [0.1, 0.15) is 11.8 Å². The normalized spacial score (nSPS) is 17.5. The van der Waals surface area contributed by atoms with Crippen molar-refractivity contribution in [1.29, 1.82) is 0 Å². The first-order valence-corrected chi connectivity index (χ1v) is 8.96. The Kier molecular flexibility index (Phi) is 5.73. The highest BCUT2D eigenvalue weighted by molar-refractivity contribution is 5.79. The number of amides is 2. The van der Waals surface area contributed by atoms with Crippen LogP contribution >= 0.6 is 0 Å².